The molecule has 0 amide bonds. The molecule has 0 spiro atoms. The van der Waals surface area contributed by atoms with E-state index in [4.69, 9.17) is 14.2 Å². The molecule has 0 bridgehead atoms. The summed E-state index contributed by atoms with van der Waals surface area (Å²) in [5, 5.41) is 0. The van der Waals surface area contributed by atoms with Gasteiger partial charge < -0.3 is 14.2 Å². The maximum absolute atomic E-state index is 5.14. The van der Waals surface area contributed by atoms with Crippen LogP contribution in [0.2, 0.25) is 0 Å². The van der Waals surface area contributed by atoms with Gasteiger partial charge in [-0.1, -0.05) is 6.92 Å². The SMILES string of the molecule is C[C]COCCOCCOC. The van der Waals surface area contributed by atoms with Gasteiger partial charge >= 0.3 is 0 Å². The van der Waals surface area contributed by atoms with E-state index in [0.717, 1.165) is 0 Å². The van der Waals surface area contributed by atoms with Crippen molar-refractivity contribution in [2.75, 3.05) is 40.1 Å². The highest BCUT2D eigenvalue weighted by molar-refractivity contribution is 4.50. The van der Waals surface area contributed by atoms with Crippen LogP contribution >= 0.6 is 0 Å². The lowest BCUT2D eigenvalue weighted by Gasteiger charge is -2.03. The summed E-state index contributed by atoms with van der Waals surface area (Å²) in [5.74, 6) is 0. The molecule has 0 saturated carbocycles. The number of hydrogen-bond acceptors (Lipinski definition) is 3. The van der Waals surface area contributed by atoms with Crippen molar-refractivity contribution in [1.82, 2.24) is 0 Å². The lowest BCUT2D eigenvalue weighted by molar-refractivity contribution is 0.0296. The van der Waals surface area contributed by atoms with Gasteiger partial charge in [0.2, 0.25) is 0 Å². The minimum Gasteiger partial charge on any atom is -0.382 e. The molecule has 2 radical (unpaired) electrons. The van der Waals surface area contributed by atoms with Crippen LogP contribution in [0.25, 0.3) is 0 Å². The van der Waals surface area contributed by atoms with Gasteiger partial charge in [-0.25, -0.2) is 0 Å². The summed E-state index contributed by atoms with van der Waals surface area (Å²) in [6.07, 6.45) is 2.87. The molecule has 0 saturated heterocycles. The first kappa shape index (κ1) is 10.9. The highest BCUT2D eigenvalue weighted by Gasteiger charge is 1.87. The van der Waals surface area contributed by atoms with Crippen LogP contribution in [0.5, 0.6) is 0 Å². The Labute approximate surface area is 68.6 Å². The standard InChI is InChI=1S/C8H16O3/c1-3-4-10-7-8-11-6-5-9-2/h4-8H2,1-2H3. The first-order chi connectivity index (χ1) is 5.41. The minimum absolute atomic E-state index is 0.577. The predicted octanol–water partition coefficient (Wildman–Crippen LogP) is 0.767. The fourth-order valence-electron chi connectivity index (χ4n) is 0.536. The smallest absolute Gasteiger partial charge is 0.0701 e. The number of ether oxygens (including phenoxy) is 3. The lowest BCUT2D eigenvalue weighted by Crippen LogP contribution is -2.08. The van der Waals surface area contributed by atoms with Crippen molar-refractivity contribution < 1.29 is 14.2 Å². The zero-order valence-electron chi connectivity index (χ0n) is 7.26. The van der Waals surface area contributed by atoms with Crippen LogP contribution in [0.1, 0.15) is 6.92 Å². The Bertz CT molecular complexity index is 58.4. The second kappa shape index (κ2) is 9.88. The Morgan fingerprint density at radius 2 is 1.64 bits per heavy atom. The molecule has 0 unspecified atom stereocenters. The van der Waals surface area contributed by atoms with Gasteiger partial charge in [-0.05, 0) is 0 Å². The van der Waals surface area contributed by atoms with Crippen molar-refractivity contribution in [2.45, 2.75) is 6.92 Å². The highest BCUT2D eigenvalue weighted by atomic mass is 16.5. The Morgan fingerprint density at radius 1 is 1.00 bits per heavy atom. The van der Waals surface area contributed by atoms with Crippen LogP contribution in [-0.4, -0.2) is 40.1 Å². The summed E-state index contributed by atoms with van der Waals surface area (Å²) >= 11 is 0. The topological polar surface area (TPSA) is 27.7 Å². The molecule has 0 rings (SSSR count). The zero-order chi connectivity index (χ0) is 8.36. The summed E-state index contributed by atoms with van der Waals surface area (Å²) in [6, 6.07) is 0. The summed E-state index contributed by atoms with van der Waals surface area (Å²) in [7, 11) is 1.65. The molecule has 0 aromatic rings. The van der Waals surface area contributed by atoms with Crippen molar-refractivity contribution in [3.63, 3.8) is 0 Å². The molecular formula is C8H16O3. The van der Waals surface area contributed by atoms with Crippen molar-refractivity contribution in [3.8, 4) is 0 Å². The van der Waals surface area contributed by atoms with Crippen LogP contribution in [0, 0.1) is 6.42 Å². The van der Waals surface area contributed by atoms with E-state index in [1.807, 2.05) is 6.92 Å². The van der Waals surface area contributed by atoms with Gasteiger partial charge in [0.15, 0.2) is 0 Å². The summed E-state index contributed by atoms with van der Waals surface area (Å²) in [4.78, 5) is 0. The number of rotatable bonds is 8. The Morgan fingerprint density at radius 3 is 2.27 bits per heavy atom. The third-order valence-electron chi connectivity index (χ3n) is 1.05. The minimum atomic E-state index is 0.577. The third kappa shape index (κ3) is 9.88. The van der Waals surface area contributed by atoms with Crippen LogP contribution in [0.3, 0.4) is 0 Å². The quantitative estimate of drug-likeness (QED) is 0.491. The molecule has 3 heteroatoms. The van der Waals surface area contributed by atoms with E-state index in [9.17, 15) is 0 Å². The van der Waals surface area contributed by atoms with Gasteiger partial charge in [0.25, 0.3) is 0 Å². The molecule has 11 heavy (non-hydrogen) atoms. The van der Waals surface area contributed by atoms with Gasteiger partial charge in [-0.3, -0.25) is 0 Å². The average molecular weight is 160 g/mol. The number of hydrogen-bond donors (Lipinski definition) is 0. The molecule has 0 aliphatic heterocycles. The fraction of sp³-hybridized carbons (Fsp3) is 0.875. The molecular weight excluding hydrogens is 144 g/mol. The highest BCUT2D eigenvalue weighted by Crippen LogP contribution is 1.80. The maximum Gasteiger partial charge on any atom is 0.0701 e. The van der Waals surface area contributed by atoms with Gasteiger partial charge in [0.1, 0.15) is 0 Å². The first-order valence-electron chi connectivity index (χ1n) is 3.71. The zero-order valence-corrected chi connectivity index (χ0v) is 7.26. The van der Waals surface area contributed by atoms with Crippen LogP contribution in [-0.2, 0) is 14.2 Å². The van der Waals surface area contributed by atoms with Gasteiger partial charge in [-0.2, -0.15) is 0 Å². The second-order valence-electron chi connectivity index (χ2n) is 2.01. The Hall–Kier alpha value is -0.120. The molecule has 0 aromatic heterocycles. The van der Waals surface area contributed by atoms with E-state index in [1.54, 1.807) is 7.11 Å². The van der Waals surface area contributed by atoms with Gasteiger partial charge in [0, 0.05) is 13.5 Å². The van der Waals surface area contributed by atoms with Crippen molar-refractivity contribution >= 4 is 0 Å². The van der Waals surface area contributed by atoms with Crippen LogP contribution in [0.4, 0.5) is 0 Å². The normalized spacial score (nSPS) is 10.4. The van der Waals surface area contributed by atoms with Crippen LogP contribution < -0.4 is 0 Å². The van der Waals surface area contributed by atoms with Crippen LogP contribution in [0.15, 0.2) is 0 Å². The Balaban J connectivity index is 2.69. The van der Waals surface area contributed by atoms with E-state index in [1.165, 1.54) is 0 Å². The summed E-state index contributed by atoms with van der Waals surface area (Å²) in [6.45, 7) is 4.96. The molecule has 0 atom stereocenters. The van der Waals surface area contributed by atoms with Gasteiger partial charge in [-0.15, -0.1) is 0 Å². The molecule has 3 nitrogen and oxygen atoms in total. The van der Waals surface area contributed by atoms with E-state index < -0.39 is 0 Å². The van der Waals surface area contributed by atoms with Crippen molar-refractivity contribution in [1.29, 1.82) is 0 Å². The monoisotopic (exact) mass is 160 g/mol. The third-order valence-corrected chi connectivity index (χ3v) is 1.05. The maximum atomic E-state index is 5.14. The molecule has 0 aliphatic rings. The average Bonchev–Trinajstić information content (AvgIpc) is 2.03. The van der Waals surface area contributed by atoms with Crippen molar-refractivity contribution in [3.05, 3.63) is 6.42 Å². The fourth-order valence-corrected chi connectivity index (χ4v) is 0.536. The first-order valence-corrected chi connectivity index (χ1v) is 3.71. The molecule has 66 valence electrons. The van der Waals surface area contributed by atoms with E-state index in [0.29, 0.717) is 33.0 Å². The molecule has 0 fully saturated rings. The summed E-state index contributed by atoms with van der Waals surface area (Å²) in [5.41, 5.74) is 0. The van der Waals surface area contributed by atoms with Crippen molar-refractivity contribution in [2.24, 2.45) is 0 Å². The Kier molecular flexibility index (Phi) is 9.77. The number of methoxy groups -OCH3 is 1. The van der Waals surface area contributed by atoms with E-state index in [2.05, 4.69) is 6.42 Å². The molecule has 0 N–H and O–H groups in total. The lowest BCUT2D eigenvalue weighted by atomic mass is 10.5. The van der Waals surface area contributed by atoms with E-state index in [-0.39, 0.29) is 0 Å². The largest absolute Gasteiger partial charge is 0.382 e. The predicted molar refractivity (Wildman–Crippen MR) is 42.4 cm³/mol. The molecule has 0 aliphatic carbocycles. The molecule has 0 heterocycles. The summed E-state index contributed by atoms with van der Waals surface area (Å²) < 4.78 is 15.0. The molecule has 0 aromatic carbocycles. The van der Waals surface area contributed by atoms with E-state index >= 15 is 0 Å². The van der Waals surface area contributed by atoms with Gasteiger partial charge in [0.05, 0.1) is 33.0 Å². The second-order valence-corrected chi connectivity index (χ2v) is 2.01.